The Hall–Kier alpha value is -2.98. The van der Waals surface area contributed by atoms with Crippen molar-refractivity contribution in [2.24, 2.45) is 0 Å². The zero-order valence-electron chi connectivity index (χ0n) is 28.9. The maximum atomic E-state index is 13.3. The van der Waals surface area contributed by atoms with Crippen LogP contribution in [0, 0.1) is 0 Å². The van der Waals surface area contributed by atoms with Gasteiger partial charge >= 0.3 is 23.9 Å². The highest BCUT2D eigenvalue weighted by atomic mass is 16.6. The molecule has 10 heteroatoms. The van der Waals surface area contributed by atoms with E-state index in [9.17, 15) is 29.4 Å². The first-order chi connectivity index (χ1) is 22.7. The number of hydrogen-bond donors (Lipinski definition) is 2. The van der Waals surface area contributed by atoms with E-state index in [1.54, 1.807) is 0 Å². The van der Waals surface area contributed by atoms with E-state index in [1.165, 1.54) is 12.1 Å². The Labute approximate surface area is 280 Å². The van der Waals surface area contributed by atoms with Gasteiger partial charge in [0.15, 0.2) is 11.5 Å². The minimum absolute atomic E-state index is 0.0876. The lowest BCUT2D eigenvalue weighted by Crippen LogP contribution is -2.35. The highest BCUT2D eigenvalue weighted by Crippen LogP contribution is 2.40. The number of benzene rings is 1. The summed E-state index contributed by atoms with van der Waals surface area (Å²) < 4.78 is 22.7. The molecule has 0 bridgehead atoms. The van der Waals surface area contributed by atoms with Crippen molar-refractivity contribution >= 4 is 23.9 Å². The number of aliphatic hydroxyl groups is 2. The first kappa shape index (κ1) is 40.2. The van der Waals surface area contributed by atoms with Gasteiger partial charge in [-0.15, -0.1) is 0 Å². The number of unbranched alkanes of at least 4 members (excludes halogenated alkanes) is 12. The summed E-state index contributed by atoms with van der Waals surface area (Å²) in [5, 5.41) is 20.1. The SMILES string of the molecule is CCCCCCCC(=O)Oc1cc(C(=O)OC2CC(O)CC(O)C2)cc(OC(=O)CCCCCCC)c1OC(=O)CCCCCCC. The molecule has 0 aliphatic heterocycles. The van der Waals surface area contributed by atoms with Gasteiger partial charge in [-0.3, -0.25) is 14.4 Å². The van der Waals surface area contributed by atoms with E-state index < -0.39 is 42.2 Å². The van der Waals surface area contributed by atoms with Crippen molar-refractivity contribution in [3.8, 4) is 17.2 Å². The van der Waals surface area contributed by atoms with Crippen molar-refractivity contribution in [1.29, 1.82) is 0 Å². The number of hydrogen-bond acceptors (Lipinski definition) is 10. The first-order valence-corrected chi connectivity index (χ1v) is 18.0. The quantitative estimate of drug-likeness (QED) is 0.0673. The van der Waals surface area contributed by atoms with Crippen molar-refractivity contribution < 1.29 is 48.3 Å². The molecule has 1 aromatic rings. The summed E-state index contributed by atoms with van der Waals surface area (Å²) in [6.45, 7) is 6.32. The monoisotopic (exact) mass is 662 g/mol. The van der Waals surface area contributed by atoms with Gasteiger partial charge in [-0.25, -0.2) is 4.79 Å². The second-order valence-corrected chi connectivity index (χ2v) is 12.8. The largest absolute Gasteiger partial charge is 0.459 e. The lowest BCUT2D eigenvalue weighted by molar-refractivity contribution is -0.138. The molecule has 2 N–H and O–H groups in total. The molecule has 47 heavy (non-hydrogen) atoms. The Morgan fingerprint density at radius 2 is 0.957 bits per heavy atom. The summed E-state index contributed by atoms with van der Waals surface area (Å²) in [7, 11) is 0. The fourth-order valence-corrected chi connectivity index (χ4v) is 5.60. The lowest BCUT2D eigenvalue weighted by atomic mass is 9.92. The third-order valence-electron chi connectivity index (χ3n) is 8.26. The number of aliphatic hydroxyl groups excluding tert-OH is 2. The van der Waals surface area contributed by atoms with Crippen LogP contribution in [-0.2, 0) is 19.1 Å². The predicted molar refractivity (Wildman–Crippen MR) is 179 cm³/mol. The van der Waals surface area contributed by atoms with Crippen LogP contribution < -0.4 is 14.2 Å². The van der Waals surface area contributed by atoms with Gasteiger partial charge < -0.3 is 29.2 Å². The molecule has 2 rings (SSSR count). The Kier molecular flexibility index (Phi) is 20.0. The third-order valence-corrected chi connectivity index (χ3v) is 8.26. The Balaban J connectivity index is 2.36. The zero-order valence-corrected chi connectivity index (χ0v) is 28.9. The third kappa shape index (κ3) is 16.6. The Morgan fingerprint density at radius 3 is 1.36 bits per heavy atom. The van der Waals surface area contributed by atoms with Gasteiger partial charge in [0.25, 0.3) is 0 Å². The van der Waals surface area contributed by atoms with Crippen LogP contribution in [0.1, 0.15) is 166 Å². The minimum atomic E-state index is -0.821. The highest BCUT2D eigenvalue weighted by molar-refractivity contribution is 5.92. The van der Waals surface area contributed by atoms with Crippen molar-refractivity contribution in [2.75, 3.05) is 0 Å². The summed E-state index contributed by atoms with van der Waals surface area (Å²) in [5.41, 5.74) is -0.0876. The number of ether oxygens (including phenoxy) is 4. The summed E-state index contributed by atoms with van der Waals surface area (Å²) in [5.74, 6) is -3.21. The van der Waals surface area contributed by atoms with Crippen LogP contribution in [0.3, 0.4) is 0 Å². The molecule has 266 valence electrons. The van der Waals surface area contributed by atoms with Crippen molar-refractivity contribution in [2.45, 2.75) is 174 Å². The van der Waals surface area contributed by atoms with Gasteiger partial charge in [-0.1, -0.05) is 97.8 Å². The summed E-state index contributed by atoms with van der Waals surface area (Å²) in [4.78, 5) is 52.2. The number of esters is 4. The molecule has 0 radical (unpaired) electrons. The first-order valence-electron chi connectivity index (χ1n) is 18.0. The predicted octanol–water partition coefficient (Wildman–Crippen LogP) is 7.92. The van der Waals surface area contributed by atoms with Crippen LogP contribution in [0.2, 0.25) is 0 Å². The van der Waals surface area contributed by atoms with Crippen LogP contribution in [0.15, 0.2) is 12.1 Å². The van der Waals surface area contributed by atoms with Gasteiger partial charge in [0, 0.05) is 32.1 Å². The molecular weight excluding hydrogens is 604 g/mol. The highest BCUT2D eigenvalue weighted by Gasteiger charge is 2.31. The fraction of sp³-hybridized carbons (Fsp3) is 0.730. The molecule has 1 aliphatic rings. The topological polar surface area (TPSA) is 146 Å². The van der Waals surface area contributed by atoms with E-state index in [0.29, 0.717) is 19.3 Å². The van der Waals surface area contributed by atoms with E-state index in [-0.39, 0.29) is 61.3 Å². The Bertz CT molecular complexity index is 1040. The van der Waals surface area contributed by atoms with Crippen molar-refractivity contribution in [3.05, 3.63) is 17.7 Å². The molecule has 1 saturated carbocycles. The molecule has 0 spiro atoms. The van der Waals surface area contributed by atoms with Crippen LogP contribution in [0.5, 0.6) is 17.2 Å². The fourth-order valence-electron chi connectivity index (χ4n) is 5.60. The lowest BCUT2D eigenvalue weighted by Gasteiger charge is -2.29. The van der Waals surface area contributed by atoms with E-state index in [2.05, 4.69) is 20.8 Å². The second kappa shape index (κ2) is 23.4. The van der Waals surface area contributed by atoms with Crippen LogP contribution in [0.25, 0.3) is 0 Å². The molecule has 0 heterocycles. The van der Waals surface area contributed by atoms with Gasteiger partial charge in [-0.2, -0.15) is 0 Å². The van der Waals surface area contributed by atoms with Crippen molar-refractivity contribution in [1.82, 2.24) is 0 Å². The molecule has 0 amide bonds. The zero-order chi connectivity index (χ0) is 34.4. The molecule has 2 atom stereocenters. The second-order valence-electron chi connectivity index (χ2n) is 12.8. The van der Waals surface area contributed by atoms with E-state index in [0.717, 1.165) is 77.0 Å². The molecule has 1 aromatic carbocycles. The number of rotatable bonds is 23. The summed E-state index contributed by atoms with van der Waals surface area (Å²) in [6.07, 6.45) is 12.3. The average molecular weight is 663 g/mol. The Morgan fingerprint density at radius 1 is 0.574 bits per heavy atom. The maximum absolute atomic E-state index is 13.3. The molecular formula is C37H58O10. The van der Waals surface area contributed by atoms with Gasteiger partial charge in [0.05, 0.1) is 17.8 Å². The smallest absolute Gasteiger partial charge is 0.338 e. The van der Waals surface area contributed by atoms with E-state index in [1.807, 2.05) is 0 Å². The minimum Gasteiger partial charge on any atom is -0.459 e. The van der Waals surface area contributed by atoms with Crippen LogP contribution in [0.4, 0.5) is 0 Å². The number of carbonyl (C=O) groups is 4. The molecule has 1 aliphatic carbocycles. The van der Waals surface area contributed by atoms with Gasteiger partial charge in [0.1, 0.15) is 6.10 Å². The molecule has 1 fully saturated rings. The number of carbonyl (C=O) groups excluding carboxylic acids is 4. The van der Waals surface area contributed by atoms with Gasteiger partial charge in [-0.05, 0) is 37.8 Å². The summed E-state index contributed by atoms with van der Waals surface area (Å²) in [6, 6.07) is 2.50. The molecule has 2 unspecified atom stereocenters. The van der Waals surface area contributed by atoms with E-state index >= 15 is 0 Å². The molecule has 0 saturated heterocycles. The average Bonchev–Trinajstić information content (AvgIpc) is 3.01. The maximum Gasteiger partial charge on any atom is 0.338 e. The van der Waals surface area contributed by atoms with Crippen LogP contribution >= 0.6 is 0 Å². The summed E-state index contributed by atoms with van der Waals surface area (Å²) >= 11 is 0. The normalized spacial score (nSPS) is 17.6. The van der Waals surface area contributed by atoms with E-state index in [4.69, 9.17) is 18.9 Å². The van der Waals surface area contributed by atoms with Crippen LogP contribution in [-0.4, -0.2) is 52.4 Å². The standard InChI is InChI=1S/C37H58O10/c1-4-7-10-13-16-19-33(40)45-31-22-27(37(43)44-30-25-28(38)24-29(39)26-30)23-32(46-34(41)20-17-14-11-8-5-2)36(31)47-35(42)21-18-15-12-9-6-3/h22-23,28-30,38-39H,4-21,24-26H2,1-3H3. The van der Waals surface area contributed by atoms with Gasteiger partial charge in [0.2, 0.25) is 5.75 Å². The molecule has 10 nitrogen and oxygen atoms in total. The molecule has 0 aromatic heterocycles. The van der Waals surface area contributed by atoms with Crippen molar-refractivity contribution in [3.63, 3.8) is 0 Å².